The Balaban J connectivity index is 1.84. The summed E-state index contributed by atoms with van der Waals surface area (Å²) in [6, 6.07) is 9.71. The Bertz CT molecular complexity index is 867. The van der Waals surface area contributed by atoms with E-state index in [4.69, 9.17) is 11.6 Å². The monoisotopic (exact) mass is 346 g/mol. The van der Waals surface area contributed by atoms with Gasteiger partial charge in [-0.15, -0.1) is 0 Å². The van der Waals surface area contributed by atoms with Gasteiger partial charge in [-0.2, -0.15) is 0 Å². The number of nitrogens with zero attached hydrogens (tertiary/aromatic N) is 1. The number of carbonyl (C=O) groups is 2. The summed E-state index contributed by atoms with van der Waals surface area (Å²) in [5, 5.41) is 12.0. The van der Waals surface area contributed by atoms with Gasteiger partial charge in [-0.3, -0.25) is 9.69 Å². The van der Waals surface area contributed by atoms with Crippen molar-refractivity contribution in [1.82, 2.24) is 10.2 Å². The van der Waals surface area contributed by atoms with E-state index >= 15 is 0 Å². The number of aromatic hydroxyl groups is 1. The van der Waals surface area contributed by atoms with Crippen LogP contribution in [0.15, 0.2) is 48.2 Å². The Morgan fingerprint density at radius 3 is 2.67 bits per heavy atom. The fraction of sp³-hybridized carbons (Fsp3) is 0.0588. The smallest absolute Gasteiger partial charge is 0.329 e. The van der Waals surface area contributed by atoms with Crippen LogP contribution in [0.4, 0.5) is 9.18 Å². The average Bonchev–Trinajstić information content (AvgIpc) is 2.80. The minimum absolute atomic E-state index is 0.0538. The fourth-order valence-corrected chi connectivity index (χ4v) is 2.48. The molecule has 2 aromatic rings. The zero-order chi connectivity index (χ0) is 17.3. The van der Waals surface area contributed by atoms with E-state index in [-0.39, 0.29) is 28.6 Å². The molecular weight excluding hydrogens is 335 g/mol. The summed E-state index contributed by atoms with van der Waals surface area (Å²) >= 11 is 5.81. The van der Waals surface area contributed by atoms with Crippen LogP contribution in [-0.2, 0) is 11.3 Å². The minimum atomic E-state index is -0.626. The maximum Gasteiger partial charge on any atom is 0.329 e. The average molecular weight is 347 g/mol. The molecule has 0 aliphatic carbocycles. The van der Waals surface area contributed by atoms with Gasteiger partial charge in [0.05, 0.1) is 11.6 Å². The summed E-state index contributed by atoms with van der Waals surface area (Å²) in [5.41, 5.74) is 0.835. The second kappa shape index (κ2) is 6.33. The van der Waals surface area contributed by atoms with Gasteiger partial charge in [0.25, 0.3) is 5.91 Å². The van der Waals surface area contributed by atoms with Gasteiger partial charge in [0.15, 0.2) is 0 Å². The Morgan fingerprint density at radius 1 is 1.21 bits per heavy atom. The molecule has 24 heavy (non-hydrogen) atoms. The van der Waals surface area contributed by atoms with Crippen molar-refractivity contribution in [3.05, 3.63) is 70.1 Å². The Labute approximate surface area is 142 Å². The van der Waals surface area contributed by atoms with Gasteiger partial charge in [-0.05, 0) is 29.8 Å². The largest absolute Gasteiger partial charge is 0.506 e. The van der Waals surface area contributed by atoms with Crippen LogP contribution in [-0.4, -0.2) is 21.9 Å². The summed E-state index contributed by atoms with van der Waals surface area (Å²) in [4.78, 5) is 25.3. The topological polar surface area (TPSA) is 69.6 Å². The van der Waals surface area contributed by atoms with Crippen LogP contribution in [0.1, 0.15) is 11.1 Å². The van der Waals surface area contributed by atoms with E-state index in [0.717, 1.165) is 4.90 Å². The Morgan fingerprint density at radius 2 is 1.96 bits per heavy atom. The van der Waals surface area contributed by atoms with Gasteiger partial charge < -0.3 is 10.4 Å². The lowest BCUT2D eigenvalue weighted by atomic mass is 10.1. The standard InChI is InChI=1S/C17H12ClFN2O3/c18-12-7-10(5-6-15(12)22)8-14-16(23)21(17(24)20-14)9-11-3-1-2-4-13(11)19/h1-8,22H,9H2,(H,20,24)/b14-8+. The Hall–Kier alpha value is -2.86. The van der Waals surface area contributed by atoms with E-state index in [1.807, 2.05) is 0 Å². The number of imide groups is 1. The summed E-state index contributed by atoms with van der Waals surface area (Å²) in [5.74, 6) is -1.13. The van der Waals surface area contributed by atoms with Gasteiger partial charge in [0, 0.05) is 5.56 Å². The van der Waals surface area contributed by atoms with Gasteiger partial charge in [0.1, 0.15) is 17.3 Å². The first-order chi connectivity index (χ1) is 11.5. The molecule has 3 rings (SSSR count). The van der Waals surface area contributed by atoms with E-state index in [1.165, 1.54) is 36.4 Å². The molecule has 5 nitrogen and oxygen atoms in total. The number of nitrogens with one attached hydrogen (secondary N) is 1. The van der Waals surface area contributed by atoms with Crippen LogP contribution in [0.25, 0.3) is 6.08 Å². The maximum absolute atomic E-state index is 13.7. The third-order valence-electron chi connectivity index (χ3n) is 3.53. The first-order valence-corrected chi connectivity index (χ1v) is 7.40. The molecule has 1 heterocycles. The molecule has 1 saturated heterocycles. The highest BCUT2D eigenvalue weighted by molar-refractivity contribution is 6.32. The second-order valence-corrected chi connectivity index (χ2v) is 5.59. The molecule has 0 unspecified atom stereocenters. The zero-order valence-electron chi connectivity index (χ0n) is 12.3. The lowest BCUT2D eigenvalue weighted by Crippen LogP contribution is -2.30. The van der Waals surface area contributed by atoms with Crippen molar-refractivity contribution in [2.45, 2.75) is 6.54 Å². The van der Waals surface area contributed by atoms with Crippen LogP contribution in [0.3, 0.4) is 0 Å². The molecule has 3 amide bonds. The molecule has 0 aromatic heterocycles. The van der Waals surface area contributed by atoms with Crippen molar-refractivity contribution in [3.63, 3.8) is 0 Å². The molecule has 0 atom stereocenters. The molecule has 122 valence electrons. The maximum atomic E-state index is 13.7. The summed E-state index contributed by atoms with van der Waals surface area (Å²) in [6.45, 7) is -0.162. The SMILES string of the molecule is O=C1N/C(=C/c2ccc(O)c(Cl)c2)C(=O)N1Cc1ccccc1F. The summed E-state index contributed by atoms with van der Waals surface area (Å²) < 4.78 is 13.7. The molecule has 1 aliphatic heterocycles. The van der Waals surface area contributed by atoms with E-state index in [2.05, 4.69) is 5.32 Å². The zero-order valence-corrected chi connectivity index (χ0v) is 13.0. The Kier molecular flexibility index (Phi) is 4.22. The van der Waals surface area contributed by atoms with Crippen molar-refractivity contribution < 1.29 is 19.1 Å². The van der Waals surface area contributed by atoms with Gasteiger partial charge in [-0.25, -0.2) is 9.18 Å². The van der Waals surface area contributed by atoms with Gasteiger partial charge >= 0.3 is 6.03 Å². The minimum Gasteiger partial charge on any atom is -0.506 e. The second-order valence-electron chi connectivity index (χ2n) is 5.18. The van der Waals surface area contributed by atoms with E-state index < -0.39 is 17.8 Å². The predicted octanol–water partition coefficient (Wildman–Crippen LogP) is 3.28. The van der Waals surface area contributed by atoms with Crippen LogP contribution >= 0.6 is 11.6 Å². The molecule has 0 radical (unpaired) electrons. The number of rotatable bonds is 3. The van der Waals surface area contributed by atoms with E-state index in [1.54, 1.807) is 12.1 Å². The quantitative estimate of drug-likeness (QED) is 0.662. The molecule has 2 N–H and O–H groups in total. The first-order valence-electron chi connectivity index (χ1n) is 7.02. The molecule has 1 aliphatic rings. The lowest BCUT2D eigenvalue weighted by molar-refractivity contribution is -0.123. The number of amides is 3. The summed E-state index contributed by atoms with van der Waals surface area (Å²) in [7, 11) is 0. The highest BCUT2D eigenvalue weighted by atomic mass is 35.5. The van der Waals surface area contributed by atoms with Crippen molar-refractivity contribution in [3.8, 4) is 5.75 Å². The number of hydrogen-bond donors (Lipinski definition) is 2. The third-order valence-corrected chi connectivity index (χ3v) is 3.83. The fourth-order valence-electron chi connectivity index (χ4n) is 2.29. The highest BCUT2D eigenvalue weighted by Crippen LogP contribution is 2.25. The number of halogens is 2. The molecule has 7 heteroatoms. The molecule has 1 fully saturated rings. The van der Waals surface area contributed by atoms with Crippen molar-refractivity contribution in [2.24, 2.45) is 0 Å². The van der Waals surface area contributed by atoms with Crippen LogP contribution in [0.2, 0.25) is 5.02 Å². The van der Waals surface area contributed by atoms with Crippen LogP contribution in [0, 0.1) is 5.82 Å². The molecule has 0 saturated carbocycles. The summed E-state index contributed by atoms with van der Waals surface area (Å²) in [6.07, 6.45) is 1.44. The predicted molar refractivity (Wildman–Crippen MR) is 86.6 cm³/mol. The van der Waals surface area contributed by atoms with Gasteiger partial charge in [0.2, 0.25) is 0 Å². The molecule has 2 aromatic carbocycles. The number of phenols is 1. The number of benzene rings is 2. The van der Waals surface area contributed by atoms with E-state index in [0.29, 0.717) is 5.56 Å². The van der Waals surface area contributed by atoms with Crippen molar-refractivity contribution >= 4 is 29.6 Å². The number of hydrogen-bond acceptors (Lipinski definition) is 3. The van der Waals surface area contributed by atoms with E-state index in [9.17, 15) is 19.1 Å². The van der Waals surface area contributed by atoms with Crippen LogP contribution < -0.4 is 5.32 Å². The molecular formula is C17H12ClFN2O3. The molecule has 0 spiro atoms. The lowest BCUT2D eigenvalue weighted by Gasteiger charge is -2.12. The number of carbonyl (C=O) groups excluding carboxylic acids is 2. The molecule has 0 bridgehead atoms. The van der Waals surface area contributed by atoms with Crippen LogP contribution in [0.5, 0.6) is 5.75 Å². The first kappa shape index (κ1) is 16.0. The third kappa shape index (κ3) is 3.09. The van der Waals surface area contributed by atoms with Crippen molar-refractivity contribution in [2.75, 3.05) is 0 Å². The van der Waals surface area contributed by atoms with Crippen molar-refractivity contribution in [1.29, 1.82) is 0 Å². The normalized spacial score (nSPS) is 15.9. The number of urea groups is 1. The number of phenolic OH excluding ortho intramolecular Hbond substituents is 1. The van der Waals surface area contributed by atoms with Gasteiger partial charge in [-0.1, -0.05) is 35.9 Å². The highest BCUT2D eigenvalue weighted by Gasteiger charge is 2.33.